The maximum atomic E-state index is 8.46. The van der Waals surface area contributed by atoms with Crippen molar-refractivity contribution in [3.8, 4) is 6.07 Å². The van der Waals surface area contributed by atoms with Crippen molar-refractivity contribution < 1.29 is 0 Å². The molecule has 0 radical (unpaired) electrons. The van der Waals surface area contributed by atoms with Gasteiger partial charge in [-0.2, -0.15) is 5.26 Å². The summed E-state index contributed by atoms with van der Waals surface area (Å²) in [4.78, 5) is 0. The van der Waals surface area contributed by atoms with Gasteiger partial charge < -0.3 is 0 Å². The van der Waals surface area contributed by atoms with Crippen LogP contribution in [0.25, 0.3) is 0 Å². The van der Waals surface area contributed by atoms with E-state index in [4.69, 9.17) is 5.26 Å². The third kappa shape index (κ3) is 1.73. The summed E-state index contributed by atoms with van der Waals surface area (Å²) >= 11 is 0. The molecule has 0 N–H and O–H groups in total. The maximum Gasteiger partial charge on any atom is 0.0947 e. The van der Waals surface area contributed by atoms with Crippen LogP contribution in [0.15, 0.2) is 23.8 Å². The number of allylic oxidation sites excluding steroid dienone is 4. The third-order valence-corrected chi connectivity index (χ3v) is 1.37. The van der Waals surface area contributed by atoms with Crippen LogP contribution in [0.2, 0.25) is 0 Å². The zero-order chi connectivity index (χ0) is 6.53. The zero-order valence-corrected chi connectivity index (χ0v) is 5.30. The fraction of sp³-hybridized carbons (Fsp3) is 0.375. The molecule has 0 saturated heterocycles. The molecule has 0 aromatic carbocycles. The van der Waals surface area contributed by atoms with Crippen LogP contribution in [0.3, 0.4) is 0 Å². The van der Waals surface area contributed by atoms with E-state index in [9.17, 15) is 0 Å². The fourth-order valence-corrected chi connectivity index (χ4v) is 0.857. The molecule has 0 atom stereocenters. The van der Waals surface area contributed by atoms with Crippen LogP contribution in [0.5, 0.6) is 0 Å². The predicted octanol–water partition coefficient (Wildman–Crippen LogP) is 2.18. The highest BCUT2D eigenvalue weighted by Gasteiger charge is 1.93. The largest absolute Gasteiger partial charge is 0.193 e. The summed E-state index contributed by atoms with van der Waals surface area (Å²) in [6.45, 7) is 0. The third-order valence-electron chi connectivity index (χ3n) is 1.37. The normalized spacial score (nSPS) is 17.9. The molecule has 0 heterocycles. The molecule has 0 fully saturated rings. The lowest BCUT2D eigenvalue weighted by molar-refractivity contribution is 1.05. The summed E-state index contributed by atoms with van der Waals surface area (Å²) in [6, 6.07) is 2.15. The van der Waals surface area contributed by atoms with E-state index in [0.717, 1.165) is 24.8 Å². The Hall–Kier alpha value is -1.03. The van der Waals surface area contributed by atoms with Crippen molar-refractivity contribution in [2.45, 2.75) is 19.3 Å². The lowest BCUT2D eigenvalue weighted by Gasteiger charge is -1.84. The van der Waals surface area contributed by atoms with Crippen molar-refractivity contribution >= 4 is 0 Å². The van der Waals surface area contributed by atoms with Crippen LogP contribution in [-0.2, 0) is 0 Å². The predicted molar refractivity (Wildman–Crippen MR) is 36.7 cm³/mol. The van der Waals surface area contributed by atoms with Gasteiger partial charge in [-0.15, -0.1) is 0 Å². The van der Waals surface area contributed by atoms with Gasteiger partial charge in [-0.1, -0.05) is 18.2 Å². The number of rotatable bonds is 0. The molecule has 0 bridgehead atoms. The highest BCUT2D eigenvalue weighted by molar-refractivity contribution is 5.24. The van der Waals surface area contributed by atoms with Crippen molar-refractivity contribution in [3.63, 3.8) is 0 Å². The van der Waals surface area contributed by atoms with Gasteiger partial charge in [-0.05, 0) is 12.8 Å². The molecule has 46 valence electrons. The zero-order valence-electron chi connectivity index (χ0n) is 5.30. The molecule has 1 rings (SSSR count). The second kappa shape index (κ2) is 3.09. The molecule has 0 aliphatic heterocycles. The second-order valence-electron chi connectivity index (χ2n) is 2.09. The van der Waals surface area contributed by atoms with E-state index in [1.807, 2.05) is 6.08 Å². The minimum atomic E-state index is 0.830. The van der Waals surface area contributed by atoms with Crippen molar-refractivity contribution in [2.24, 2.45) is 0 Å². The molecular formula is C8H9N. The quantitative estimate of drug-likeness (QED) is 0.448. The van der Waals surface area contributed by atoms with E-state index in [-0.39, 0.29) is 0 Å². The monoisotopic (exact) mass is 119 g/mol. The van der Waals surface area contributed by atoms with Crippen molar-refractivity contribution in [1.29, 1.82) is 5.26 Å². The van der Waals surface area contributed by atoms with Gasteiger partial charge in [0.25, 0.3) is 0 Å². The molecule has 0 aromatic heterocycles. The first-order chi connectivity index (χ1) is 4.43. The van der Waals surface area contributed by atoms with Gasteiger partial charge in [0.1, 0.15) is 0 Å². The Morgan fingerprint density at radius 3 is 3.00 bits per heavy atom. The Kier molecular flexibility index (Phi) is 2.09. The molecule has 1 nitrogen and oxygen atoms in total. The van der Waals surface area contributed by atoms with E-state index >= 15 is 0 Å². The van der Waals surface area contributed by atoms with Gasteiger partial charge in [0, 0.05) is 12.0 Å². The molecule has 1 aliphatic carbocycles. The molecule has 0 saturated carbocycles. The number of hydrogen-bond acceptors (Lipinski definition) is 1. The first kappa shape index (κ1) is 6.10. The summed E-state index contributed by atoms with van der Waals surface area (Å²) in [5.74, 6) is 0. The Balaban J connectivity index is 2.62. The van der Waals surface area contributed by atoms with E-state index in [1.54, 1.807) is 0 Å². The first-order valence-corrected chi connectivity index (χ1v) is 3.17. The Labute approximate surface area is 55.3 Å². The lowest BCUT2D eigenvalue weighted by Crippen LogP contribution is -1.71. The Bertz CT molecular complexity index is 181. The van der Waals surface area contributed by atoms with Crippen LogP contribution >= 0.6 is 0 Å². The van der Waals surface area contributed by atoms with Gasteiger partial charge in [0.15, 0.2) is 0 Å². The summed E-state index contributed by atoms with van der Waals surface area (Å²) in [7, 11) is 0. The van der Waals surface area contributed by atoms with Crippen LogP contribution in [0, 0.1) is 11.3 Å². The standard InChI is InChI=1S/C8H9N/c9-7-8-5-3-1-2-4-6-8/h1,3,6H,2,4-5H2. The van der Waals surface area contributed by atoms with Gasteiger partial charge in [-0.3, -0.25) is 0 Å². The molecule has 0 spiro atoms. The summed E-state index contributed by atoms with van der Waals surface area (Å²) in [5, 5.41) is 8.46. The van der Waals surface area contributed by atoms with Crippen LogP contribution in [0.4, 0.5) is 0 Å². The molecular weight excluding hydrogens is 110 g/mol. The summed E-state index contributed by atoms with van der Waals surface area (Å²) in [5.41, 5.74) is 0.906. The van der Waals surface area contributed by atoms with Crippen molar-refractivity contribution in [2.75, 3.05) is 0 Å². The smallest absolute Gasteiger partial charge is 0.0947 e. The van der Waals surface area contributed by atoms with Crippen LogP contribution in [-0.4, -0.2) is 0 Å². The topological polar surface area (TPSA) is 23.8 Å². The number of nitriles is 1. The second-order valence-corrected chi connectivity index (χ2v) is 2.09. The van der Waals surface area contributed by atoms with Crippen molar-refractivity contribution in [3.05, 3.63) is 23.8 Å². The molecule has 0 amide bonds. The fourth-order valence-electron chi connectivity index (χ4n) is 0.857. The van der Waals surface area contributed by atoms with Gasteiger partial charge in [0.05, 0.1) is 6.07 Å². The maximum absolute atomic E-state index is 8.46. The number of nitrogens with zero attached hydrogens (tertiary/aromatic N) is 1. The van der Waals surface area contributed by atoms with Gasteiger partial charge in [-0.25, -0.2) is 0 Å². The average molecular weight is 119 g/mol. The first-order valence-electron chi connectivity index (χ1n) is 3.17. The minimum absolute atomic E-state index is 0.830. The van der Waals surface area contributed by atoms with Crippen LogP contribution in [0.1, 0.15) is 19.3 Å². The highest BCUT2D eigenvalue weighted by Crippen LogP contribution is 2.09. The summed E-state index contributed by atoms with van der Waals surface area (Å²) in [6.07, 6.45) is 9.14. The highest BCUT2D eigenvalue weighted by atomic mass is 14.2. The van der Waals surface area contributed by atoms with E-state index in [1.165, 1.54) is 0 Å². The lowest BCUT2D eigenvalue weighted by atomic mass is 10.2. The average Bonchev–Trinajstić information content (AvgIpc) is 2.13. The molecule has 1 aliphatic rings. The summed E-state index contributed by atoms with van der Waals surface area (Å²) < 4.78 is 0. The Morgan fingerprint density at radius 2 is 2.22 bits per heavy atom. The van der Waals surface area contributed by atoms with Gasteiger partial charge >= 0.3 is 0 Å². The molecule has 1 heteroatoms. The van der Waals surface area contributed by atoms with Crippen LogP contribution < -0.4 is 0 Å². The van der Waals surface area contributed by atoms with E-state index in [0.29, 0.717) is 0 Å². The SMILES string of the molecule is N#CC1=CCCC=CC1. The van der Waals surface area contributed by atoms with Gasteiger partial charge in [0.2, 0.25) is 0 Å². The number of hydrogen-bond donors (Lipinski definition) is 0. The van der Waals surface area contributed by atoms with E-state index in [2.05, 4.69) is 18.2 Å². The Morgan fingerprint density at radius 1 is 1.33 bits per heavy atom. The molecule has 9 heavy (non-hydrogen) atoms. The van der Waals surface area contributed by atoms with E-state index < -0.39 is 0 Å². The molecule has 0 unspecified atom stereocenters. The molecule has 0 aromatic rings. The van der Waals surface area contributed by atoms with Crippen molar-refractivity contribution in [1.82, 2.24) is 0 Å². The minimum Gasteiger partial charge on any atom is -0.193 e.